The Kier molecular flexibility index (Phi) is 3.77. The van der Waals surface area contributed by atoms with Crippen LogP contribution in [0.1, 0.15) is 12.5 Å². The molecule has 1 aromatic carbocycles. The van der Waals surface area contributed by atoms with Crippen molar-refractivity contribution in [3.63, 3.8) is 0 Å². The van der Waals surface area contributed by atoms with Gasteiger partial charge in [-0.1, -0.05) is 12.1 Å². The van der Waals surface area contributed by atoms with E-state index in [1.807, 2.05) is 32.0 Å². The molecule has 1 unspecified atom stereocenters. The number of nitrogen functional groups attached to an aromatic ring is 1. The van der Waals surface area contributed by atoms with Gasteiger partial charge in [-0.3, -0.25) is 4.79 Å². The molecule has 88 valence electrons. The lowest BCUT2D eigenvalue weighted by molar-refractivity contribution is -0.129. The second-order valence-electron chi connectivity index (χ2n) is 4.13. The average molecular weight is 221 g/mol. The maximum absolute atomic E-state index is 11.7. The highest BCUT2D eigenvalue weighted by molar-refractivity contribution is 5.85. The van der Waals surface area contributed by atoms with Crippen molar-refractivity contribution in [2.75, 3.05) is 25.1 Å². The Morgan fingerprint density at radius 3 is 2.62 bits per heavy atom. The summed E-state index contributed by atoms with van der Waals surface area (Å²) in [6.07, 6.45) is 0. The lowest BCUT2D eigenvalue weighted by Gasteiger charge is -2.20. The molecular weight excluding hydrogens is 202 g/mol. The number of nitrogens with two attached hydrogens (primary N) is 1. The van der Waals surface area contributed by atoms with E-state index in [0.29, 0.717) is 5.69 Å². The van der Waals surface area contributed by atoms with E-state index in [-0.39, 0.29) is 11.9 Å². The number of likely N-dealkylation sites (N-methyl/N-ethyl adjacent to an activating group) is 1. The van der Waals surface area contributed by atoms with Gasteiger partial charge in [0, 0.05) is 14.1 Å². The number of carbonyl (C=O) groups is 1. The van der Waals surface area contributed by atoms with Crippen molar-refractivity contribution in [3.05, 3.63) is 23.8 Å². The molecular formula is C12H19N3O. The van der Waals surface area contributed by atoms with Crippen molar-refractivity contribution in [2.24, 2.45) is 0 Å². The second-order valence-corrected chi connectivity index (χ2v) is 4.13. The van der Waals surface area contributed by atoms with Gasteiger partial charge in [-0.05, 0) is 25.5 Å². The Hall–Kier alpha value is -1.71. The van der Waals surface area contributed by atoms with Gasteiger partial charge in [0.2, 0.25) is 5.91 Å². The molecule has 0 aliphatic rings. The molecule has 16 heavy (non-hydrogen) atoms. The molecule has 0 bridgehead atoms. The highest BCUT2D eigenvalue weighted by atomic mass is 16.2. The van der Waals surface area contributed by atoms with E-state index in [2.05, 4.69) is 5.32 Å². The topological polar surface area (TPSA) is 58.4 Å². The molecule has 0 aromatic heterocycles. The summed E-state index contributed by atoms with van der Waals surface area (Å²) in [6, 6.07) is 5.46. The second kappa shape index (κ2) is 4.88. The monoisotopic (exact) mass is 221 g/mol. The third-order valence-corrected chi connectivity index (χ3v) is 2.51. The Labute approximate surface area is 96.4 Å². The lowest BCUT2D eigenvalue weighted by atomic mass is 10.1. The van der Waals surface area contributed by atoms with Crippen LogP contribution < -0.4 is 11.1 Å². The number of carbonyl (C=O) groups excluding carboxylic acids is 1. The van der Waals surface area contributed by atoms with Crippen LogP contribution in [0.5, 0.6) is 0 Å². The summed E-state index contributed by atoms with van der Waals surface area (Å²) in [5, 5.41) is 3.12. The zero-order chi connectivity index (χ0) is 12.3. The standard InChI is InChI=1S/C12H19N3O/c1-8-6-5-7-10(11(8)13)14-9(2)12(16)15(3)4/h5-7,9,14H,13H2,1-4H3. The third kappa shape index (κ3) is 2.66. The number of para-hydroxylation sites is 1. The Morgan fingerprint density at radius 2 is 2.06 bits per heavy atom. The molecule has 1 rings (SSSR count). The number of hydrogen-bond donors (Lipinski definition) is 2. The lowest BCUT2D eigenvalue weighted by Crippen LogP contribution is -2.36. The minimum Gasteiger partial charge on any atom is -0.397 e. The Morgan fingerprint density at radius 1 is 1.44 bits per heavy atom. The molecule has 4 heteroatoms. The highest BCUT2D eigenvalue weighted by Crippen LogP contribution is 2.22. The van der Waals surface area contributed by atoms with Crippen LogP contribution in [0.25, 0.3) is 0 Å². The van der Waals surface area contributed by atoms with E-state index in [1.54, 1.807) is 19.0 Å². The minimum absolute atomic E-state index is 0.0286. The molecule has 0 radical (unpaired) electrons. The zero-order valence-electron chi connectivity index (χ0n) is 10.2. The third-order valence-electron chi connectivity index (χ3n) is 2.51. The summed E-state index contributed by atoms with van der Waals surface area (Å²) >= 11 is 0. The van der Waals surface area contributed by atoms with E-state index in [1.165, 1.54) is 0 Å². The molecule has 1 aromatic rings. The predicted molar refractivity (Wildman–Crippen MR) is 67.4 cm³/mol. The fraction of sp³-hybridized carbons (Fsp3) is 0.417. The SMILES string of the molecule is Cc1cccc(NC(C)C(=O)N(C)C)c1N. The predicted octanol–water partition coefficient (Wildman–Crippen LogP) is 1.47. The number of hydrogen-bond acceptors (Lipinski definition) is 3. The summed E-state index contributed by atoms with van der Waals surface area (Å²) in [6.45, 7) is 3.77. The Bertz CT molecular complexity index is 388. The van der Waals surface area contributed by atoms with Gasteiger partial charge in [0.15, 0.2) is 0 Å². The summed E-state index contributed by atoms with van der Waals surface area (Å²) in [7, 11) is 3.47. The van der Waals surface area contributed by atoms with Crippen LogP contribution >= 0.6 is 0 Å². The van der Waals surface area contributed by atoms with Crippen molar-refractivity contribution in [1.82, 2.24) is 4.90 Å². The smallest absolute Gasteiger partial charge is 0.244 e. The van der Waals surface area contributed by atoms with E-state index in [9.17, 15) is 4.79 Å². The van der Waals surface area contributed by atoms with E-state index >= 15 is 0 Å². The molecule has 0 aliphatic carbocycles. The van der Waals surface area contributed by atoms with Crippen LogP contribution in [0.15, 0.2) is 18.2 Å². The largest absolute Gasteiger partial charge is 0.397 e. The fourth-order valence-electron chi connectivity index (χ4n) is 1.49. The zero-order valence-corrected chi connectivity index (χ0v) is 10.2. The van der Waals surface area contributed by atoms with Crippen molar-refractivity contribution >= 4 is 17.3 Å². The maximum atomic E-state index is 11.7. The van der Waals surface area contributed by atoms with Crippen molar-refractivity contribution in [3.8, 4) is 0 Å². The van der Waals surface area contributed by atoms with E-state index in [4.69, 9.17) is 5.73 Å². The average Bonchev–Trinajstić information content (AvgIpc) is 2.23. The van der Waals surface area contributed by atoms with Crippen LogP contribution in [0.4, 0.5) is 11.4 Å². The van der Waals surface area contributed by atoms with Gasteiger partial charge in [0.05, 0.1) is 11.4 Å². The van der Waals surface area contributed by atoms with Crippen LogP contribution in [0.3, 0.4) is 0 Å². The maximum Gasteiger partial charge on any atom is 0.244 e. The number of nitrogens with one attached hydrogen (secondary N) is 1. The van der Waals surface area contributed by atoms with Crippen molar-refractivity contribution in [1.29, 1.82) is 0 Å². The van der Waals surface area contributed by atoms with Crippen LogP contribution in [0, 0.1) is 6.92 Å². The fourth-order valence-corrected chi connectivity index (χ4v) is 1.49. The molecule has 4 nitrogen and oxygen atoms in total. The molecule has 0 saturated heterocycles. The number of anilines is 2. The summed E-state index contributed by atoms with van der Waals surface area (Å²) in [4.78, 5) is 13.2. The van der Waals surface area contributed by atoms with E-state index in [0.717, 1.165) is 11.3 Å². The number of rotatable bonds is 3. The van der Waals surface area contributed by atoms with Crippen LogP contribution in [0.2, 0.25) is 0 Å². The molecule has 1 amide bonds. The molecule has 1 atom stereocenters. The van der Waals surface area contributed by atoms with Gasteiger partial charge in [-0.25, -0.2) is 0 Å². The normalized spacial score (nSPS) is 12.0. The first-order chi connectivity index (χ1) is 7.43. The number of benzene rings is 1. The number of aryl methyl sites for hydroxylation is 1. The van der Waals surface area contributed by atoms with Gasteiger partial charge in [0.25, 0.3) is 0 Å². The Balaban J connectivity index is 2.81. The van der Waals surface area contributed by atoms with Gasteiger partial charge in [-0.2, -0.15) is 0 Å². The molecule has 0 saturated carbocycles. The van der Waals surface area contributed by atoms with Crippen molar-refractivity contribution < 1.29 is 4.79 Å². The first kappa shape index (κ1) is 12.4. The molecule has 0 heterocycles. The van der Waals surface area contributed by atoms with Crippen LogP contribution in [-0.4, -0.2) is 30.9 Å². The first-order valence-electron chi connectivity index (χ1n) is 5.26. The molecule has 0 fully saturated rings. The van der Waals surface area contributed by atoms with Crippen molar-refractivity contribution in [2.45, 2.75) is 19.9 Å². The summed E-state index contributed by atoms with van der Waals surface area (Å²) in [5.74, 6) is 0.0286. The van der Waals surface area contributed by atoms with Gasteiger partial charge in [0.1, 0.15) is 6.04 Å². The van der Waals surface area contributed by atoms with Gasteiger partial charge < -0.3 is 16.0 Å². The molecule has 3 N–H and O–H groups in total. The number of amides is 1. The molecule has 0 spiro atoms. The first-order valence-corrected chi connectivity index (χ1v) is 5.26. The van der Waals surface area contributed by atoms with Crippen LogP contribution in [-0.2, 0) is 4.79 Å². The van der Waals surface area contributed by atoms with Gasteiger partial charge >= 0.3 is 0 Å². The highest BCUT2D eigenvalue weighted by Gasteiger charge is 2.15. The molecule has 0 aliphatic heterocycles. The minimum atomic E-state index is -0.279. The summed E-state index contributed by atoms with van der Waals surface area (Å²) < 4.78 is 0. The number of nitrogens with zero attached hydrogens (tertiary/aromatic N) is 1. The quantitative estimate of drug-likeness (QED) is 0.760. The van der Waals surface area contributed by atoms with E-state index < -0.39 is 0 Å². The summed E-state index contributed by atoms with van der Waals surface area (Å²) in [5.41, 5.74) is 8.43. The van der Waals surface area contributed by atoms with Gasteiger partial charge in [-0.15, -0.1) is 0 Å².